The molecule has 0 aliphatic heterocycles. The standard InChI is InChI=1S/C25H48NO2.C3H8/c1-23-18-17-19-24(22-23)28-25(27)20-15-13-11-9-7-5-4-6-8-10-12-14-16-21-26(2)3;1-3-2/h21,23-24H,4-20,22H2,1-3H3;3H2,1-2H3/q+1;. The fourth-order valence-electron chi connectivity index (χ4n) is 4.26. The summed E-state index contributed by atoms with van der Waals surface area (Å²) in [6.07, 6.45) is 26.1. The lowest BCUT2D eigenvalue weighted by molar-refractivity contribution is -0.460. The van der Waals surface area contributed by atoms with Gasteiger partial charge in [-0.05, 0) is 38.0 Å². The summed E-state index contributed by atoms with van der Waals surface area (Å²) in [7, 11) is 4.21. The summed E-state index contributed by atoms with van der Waals surface area (Å²) >= 11 is 0. The Morgan fingerprint density at radius 2 is 1.32 bits per heavy atom. The molecule has 2 atom stereocenters. The van der Waals surface area contributed by atoms with Crippen molar-refractivity contribution in [1.82, 2.24) is 0 Å². The molecule has 0 aromatic heterocycles. The van der Waals surface area contributed by atoms with Crippen LogP contribution in [0.5, 0.6) is 0 Å². The average Bonchev–Trinajstić information content (AvgIpc) is 2.71. The van der Waals surface area contributed by atoms with Crippen molar-refractivity contribution in [2.24, 2.45) is 5.92 Å². The Bertz CT molecular complexity index is 429. The Kier molecular flexibility index (Phi) is 21.7. The van der Waals surface area contributed by atoms with Gasteiger partial charge in [-0.3, -0.25) is 4.79 Å². The molecule has 0 aromatic carbocycles. The minimum Gasteiger partial charge on any atom is -0.462 e. The number of unbranched alkanes of at least 4 members (excludes halogenated alkanes) is 12. The Morgan fingerprint density at radius 3 is 1.81 bits per heavy atom. The van der Waals surface area contributed by atoms with Crippen LogP contribution in [-0.4, -0.2) is 37.0 Å². The van der Waals surface area contributed by atoms with Crippen molar-refractivity contribution in [2.75, 3.05) is 14.1 Å². The van der Waals surface area contributed by atoms with Crippen molar-refractivity contribution in [3.05, 3.63) is 0 Å². The molecule has 0 heterocycles. The van der Waals surface area contributed by atoms with Crippen molar-refractivity contribution in [3.63, 3.8) is 0 Å². The predicted molar refractivity (Wildman–Crippen MR) is 136 cm³/mol. The van der Waals surface area contributed by atoms with Gasteiger partial charge in [0, 0.05) is 12.8 Å². The number of rotatable bonds is 16. The molecule has 1 aliphatic rings. The predicted octanol–water partition coefficient (Wildman–Crippen LogP) is 8.33. The smallest absolute Gasteiger partial charge is 0.306 e. The second-order valence-electron chi connectivity index (χ2n) is 10.0. The highest BCUT2D eigenvalue weighted by atomic mass is 16.5. The molecule has 1 fully saturated rings. The zero-order valence-corrected chi connectivity index (χ0v) is 21.9. The first-order chi connectivity index (χ1) is 15.0. The highest BCUT2D eigenvalue weighted by Crippen LogP contribution is 2.26. The number of carbonyl (C=O) groups is 1. The lowest BCUT2D eigenvalue weighted by Crippen LogP contribution is -2.24. The van der Waals surface area contributed by atoms with E-state index >= 15 is 0 Å². The van der Waals surface area contributed by atoms with Crippen LogP contribution in [0.2, 0.25) is 0 Å². The number of carbonyl (C=O) groups excluding carboxylic acids is 1. The lowest BCUT2D eigenvalue weighted by Gasteiger charge is -2.26. The van der Waals surface area contributed by atoms with Crippen molar-refractivity contribution >= 4 is 12.2 Å². The monoisotopic (exact) mass is 438 g/mol. The van der Waals surface area contributed by atoms with Crippen molar-refractivity contribution in [1.29, 1.82) is 0 Å². The Labute approximate surface area is 195 Å². The van der Waals surface area contributed by atoms with Crippen LogP contribution >= 0.6 is 0 Å². The van der Waals surface area contributed by atoms with Gasteiger partial charge in [0.1, 0.15) is 26.4 Å². The minimum absolute atomic E-state index is 0.0405. The number of esters is 1. The molecule has 0 amide bonds. The van der Waals surface area contributed by atoms with Gasteiger partial charge in [0.15, 0.2) is 0 Å². The van der Waals surface area contributed by atoms with Crippen molar-refractivity contribution < 1.29 is 14.1 Å². The third kappa shape index (κ3) is 22.1. The van der Waals surface area contributed by atoms with Crippen LogP contribution in [0.3, 0.4) is 0 Å². The van der Waals surface area contributed by atoms with E-state index in [4.69, 9.17) is 4.74 Å². The van der Waals surface area contributed by atoms with E-state index in [1.807, 2.05) is 0 Å². The van der Waals surface area contributed by atoms with E-state index in [0.717, 1.165) is 25.2 Å². The summed E-state index contributed by atoms with van der Waals surface area (Å²) in [4.78, 5) is 11.9. The van der Waals surface area contributed by atoms with Gasteiger partial charge in [-0.1, -0.05) is 97.8 Å². The van der Waals surface area contributed by atoms with E-state index in [9.17, 15) is 4.79 Å². The Hall–Kier alpha value is -0.860. The van der Waals surface area contributed by atoms with Crippen LogP contribution in [0, 0.1) is 5.92 Å². The molecule has 184 valence electrons. The van der Waals surface area contributed by atoms with Gasteiger partial charge in [-0.25, -0.2) is 4.58 Å². The van der Waals surface area contributed by atoms with Gasteiger partial charge < -0.3 is 4.74 Å². The van der Waals surface area contributed by atoms with Gasteiger partial charge in [0.2, 0.25) is 0 Å². The van der Waals surface area contributed by atoms with Crippen LogP contribution in [0.4, 0.5) is 0 Å². The Balaban J connectivity index is 0.00000282. The van der Waals surface area contributed by atoms with E-state index < -0.39 is 0 Å². The fourth-order valence-corrected chi connectivity index (χ4v) is 4.26. The van der Waals surface area contributed by atoms with E-state index in [0.29, 0.717) is 6.42 Å². The van der Waals surface area contributed by atoms with Crippen LogP contribution in [-0.2, 0) is 9.53 Å². The van der Waals surface area contributed by atoms with Gasteiger partial charge in [0.25, 0.3) is 0 Å². The third-order valence-corrected chi connectivity index (χ3v) is 6.02. The largest absolute Gasteiger partial charge is 0.462 e. The van der Waals surface area contributed by atoms with Crippen LogP contribution in [0.1, 0.15) is 143 Å². The first-order valence-electron chi connectivity index (χ1n) is 13.7. The third-order valence-electron chi connectivity index (χ3n) is 6.02. The molecule has 0 aromatic rings. The zero-order chi connectivity index (χ0) is 23.2. The summed E-state index contributed by atoms with van der Waals surface area (Å²) < 4.78 is 7.80. The molecular formula is C28H56NO2+. The topological polar surface area (TPSA) is 29.3 Å². The maximum absolute atomic E-state index is 11.9. The molecule has 0 N–H and O–H groups in total. The zero-order valence-electron chi connectivity index (χ0n) is 21.9. The van der Waals surface area contributed by atoms with Crippen LogP contribution in [0.25, 0.3) is 0 Å². The molecule has 1 rings (SSSR count). The molecule has 3 heteroatoms. The van der Waals surface area contributed by atoms with E-state index in [2.05, 4.69) is 45.7 Å². The summed E-state index contributed by atoms with van der Waals surface area (Å²) in [6, 6.07) is 0. The Morgan fingerprint density at radius 1 is 0.839 bits per heavy atom. The summed E-state index contributed by atoms with van der Waals surface area (Å²) in [5, 5.41) is 0. The summed E-state index contributed by atoms with van der Waals surface area (Å²) in [6.45, 7) is 6.52. The second kappa shape index (κ2) is 22.3. The van der Waals surface area contributed by atoms with Gasteiger partial charge in [-0.2, -0.15) is 0 Å². The number of ether oxygens (including phenoxy) is 1. The molecule has 1 aliphatic carbocycles. The summed E-state index contributed by atoms with van der Waals surface area (Å²) in [5.74, 6) is 0.761. The highest BCUT2D eigenvalue weighted by molar-refractivity contribution is 5.69. The number of hydrogen-bond acceptors (Lipinski definition) is 2. The lowest BCUT2D eigenvalue weighted by atomic mass is 9.89. The number of hydrogen-bond donors (Lipinski definition) is 0. The van der Waals surface area contributed by atoms with E-state index in [1.54, 1.807) is 0 Å². The van der Waals surface area contributed by atoms with E-state index in [-0.39, 0.29) is 12.1 Å². The fraction of sp³-hybridized carbons (Fsp3) is 0.929. The molecule has 0 saturated heterocycles. The molecule has 0 bridgehead atoms. The van der Waals surface area contributed by atoms with Crippen LogP contribution < -0.4 is 0 Å². The normalized spacial score (nSPS) is 18.1. The SMILES string of the molecule is CC1CCCC(OC(=O)CCCCCCCCCCCCCCC=[N+](C)C)C1.CCC. The molecule has 0 spiro atoms. The molecule has 0 radical (unpaired) electrons. The minimum atomic E-state index is 0.0405. The molecule has 1 saturated carbocycles. The molecule has 3 nitrogen and oxygen atoms in total. The molecule has 31 heavy (non-hydrogen) atoms. The van der Waals surface area contributed by atoms with Crippen molar-refractivity contribution in [3.8, 4) is 0 Å². The number of nitrogens with zero attached hydrogens (tertiary/aromatic N) is 1. The second-order valence-corrected chi connectivity index (χ2v) is 10.0. The average molecular weight is 439 g/mol. The maximum Gasteiger partial charge on any atom is 0.306 e. The molecule has 2 unspecified atom stereocenters. The van der Waals surface area contributed by atoms with Gasteiger partial charge >= 0.3 is 5.97 Å². The van der Waals surface area contributed by atoms with E-state index in [1.165, 1.54) is 96.3 Å². The van der Waals surface area contributed by atoms with Gasteiger partial charge in [0.05, 0.1) is 0 Å². The summed E-state index contributed by atoms with van der Waals surface area (Å²) in [5.41, 5.74) is 0. The van der Waals surface area contributed by atoms with Crippen molar-refractivity contribution in [2.45, 2.75) is 149 Å². The van der Waals surface area contributed by atoms with Gasteiger partial charge in [-0.15, -0.1) is 0 Å². The maximum atomic E-state index is 11.9. The first-order valence-corrected chi connectivity index (χ1v) is 13.7. The quantitative estimate of drug-likeness (QED) is 0.105. The van der Waals surface area contributed by atoms with Crippen LogP contribution in [0.15, 0.2) is 0 Å². The highest BCUT2D eigenvalue weighted by Gasteiger charge is 2.21. The molecular weight excluding hydrogens is 382 g/mol. The first kappa shape index (κ1) is 30.1.